The predicted octanol–water partition coefficient (Wildman–Crippen LogP) is 3.59. The van der Waals surface area contributed by atoms with Gasteiger partial charge in [0, 0.05) is 10.6 Å². The summed E-state index contributed by atoms with van der Waals surface area (Å²) in [6.07, 6.45) is 0.822. The maximum Gasteiger partial charge on any atom is 0.161 e. The third kappa shape index (κ3) is 2.29. The number of aldehydes is 1. The summed E-state index contributed by atoms with van der Waals surface area (Å²) < 4.78 is 11.0. The molecule has 1 aliphatic heterocycles. The van der Waals surface area contributed by atoms with E-state index in [1.54, 1.807) is 18.2 Å². The molecule has 3 rings (SSSR count). The van der Waals surface area contributed by atoms with Crippen molar-refractivity contribution in [3.05, 3.63) is 47.0 Å². The fourth-order valence-electron chi connectivity index (χ4n) is 2.09. The normalized spacial score (nSPS) is 13.1. The second kappa shape index (κ2) is 4.94. The zero-order chi connectivity index (χ0) is 13.2. The highest BCUT2D eigenvalue weighted by Gasteiger charge is 2.14. The molecule has 0 amide bonds. The van der Waals surface area contributed by atoms with Gasteiger partial charge in [-0.15, -0.1) is 0 Å². The summed E-state index contributed by atoms with van der Waals surface area (Å²) in [6.45, 7) is 1.09. The first kappa shape index (κ1) is 12.1. The number of fused-ring (bicyclic) bond motifs is 1. The van der Waals surface area contributed by atoms with E-state index in [0.29, 0.717) is 29.5 Å². The second-order valence-corrected chi connectivity index (χ2v) is 4.64. The zero-order valence-corrected chi connectivity index (χ0v) is 10.8. The Morgan fingerprint density at radius 2 is 1.79 bits per heavy atom. The maximum atomic E-state index is 11.1. The average Bonchev–Trinajstić information content (AvgIpc) is 2.46. The van der Waals surface area contributed by atoms with Gasteiger partial charge in [-0.05, 0) is 41.5 Å². The van der Waals surface area contributed by atoms with Crippen LogP contribution in [0.3, 0.4) is 0 Å². The van der Waals surface area contributed by atoms with Crippen LogP contribution >= 0.6 is 11.6 Å². The lowest BCUT2D eigenvalue weighted by Crippen LogP contribution is -2.15. The monoisotopic (exact) mass is 274 g/mol. The minimum atomic E-state index is 0.534. The number of rotatable bonds is 2. The number of benzene rings is 2. The Morgan fingerprint density at radius 1 is 1.00 bits per heavy atom. The van der Waals surface area contributed by atoms with Crippen LogP contribution in [0.1, 0.15) is 10.4 Å². The van der Waals surface area contributed by atoms with Gasteiger partial charge in [0.2, 0.25) is 0 Å². The second-order valence-electron chi connectivity index (χ2n) is 4.21. The van der Waals surface area contributed by atoms with E-state index in [0.717, 1.165) is 23.2 Å². The molecule has 0 radical (unpaired) electrons. The van der Waals surface area contributed by atoms with E-state index >= 15 is 0 Å². The summed E-state index contributed by atoms with van der Waals surface area (Å²) in [4.78, 5) is 11.1. The molecule has 0 fully saturated rings. The Morgan fingerprint density at radius 3 is 2.58 bits per heavy atom. The van der Waals surface area contributed by atoms with Crippen LogP contribution in [-0.2, 0) is 0 Å². The largest absolute Gasteiger partial charge is 0.486 e. The van der Waals surface area contributed by atoms with Crippen molar-refractivity contribution in [3.8, 4) is 22.6 Å². The fourth-order valence-corrected chi connectivity index (χ4v) is 2.26. The Bertz CT molecular complexity index is 637. The highest BCUT2D eigenvalue weighted by Crippen LogP contribution is 2.36. The standard InChI is InChI=1S/C15H11ClO3/c16-12-3-1-11(9-17)13(8-12)10-2-4-14-15(7-10)19-6-5-18-14/h1-4,7-9H,5-6H2. The van der Waals surface area contributed by atoms with Gasteiger partial charge in [0.15, 0.2) is 17.8 Å². The first-order valence-electron chi connectivity index (χ1n) is 5.93. The summed E-state index contributed by atoms with van der Waals surface area (Å²) in [5.41, 5.74) is 2.27. The molecule has 2 aromatic carbocycles. The molecular formula is C15H11ClO3. The van der Waals surface area contributed by atoms with Crippen molar-refractivity contribution in [3.63, 3.8) is 0 Å². The van der Waals surface area contributed by atoms with Gasteiger partial charge in [0.25, 0.3) is 0 Å². The van der Waals surface area contributed by atoms with Crippen molar-refractivity contribution in [2.75, 3.05) is 13.2 Å². The molecule has 0 saturated carbocycles. The molecule has 19 heavy (non-hydrogen) atoms. The van der Waals surface area contributed by atoms with Crippen molar-refractivity contribution < 1.29 is 14.3 Å². The highest BCUT2D eigenvalue weighted by molar-refractivity contribution is 6.31. The lowest BCUT2D eigenvalue weighted by atomic mass is 10.00. The van der Waals surface area contributed by atoms with Crippen molar-refractivity contribution in [1.29, 1.82) is 0 Å². The summed E-state index contributed by atoms with van der Waals surface area (Å²) in [6, 6.07) is 10.8. The number of hydrogen-bond donors (Lipinski definition) is 0. The number of carbonyl (C=O) groups is 1. The van der Waals surface area contributed by atoms with E-state index in [-0.39, 0.29) is 0 Å². The van der Waals surface area contributed by atoms with Crippen LogP contribution in [0, 0.1) is 0 Å². The van der Waals surface area contributed by atoms with E-state index in [4.69, 9.17) is 21.1 Å². The number of carbonyl (C=O) groups excluding carboxylic acids is 1. The molecule has 0 aliphatic carbocycles. The SMILES string of the molecule is O=Cc1ccc(Cl)cc1-c1ccc2c(c1)OCCO2. The summed E-state index contributed by atoms with van der Waals surface area (Å²) in [5.74, 6) is 1.42. The van der Waals surface area contributed by atoms with Crippen molar-refractivity contribution >= 4 is 17.9 Å². The van der Waals surface area contributed by atoms with Gasteiger partial charge in [-0.1, -0.05) is 17.7 Å². The highest BCUT2D eigenvalue weighted by atomic mass is 35.5. The molecule has 96 valence electrons. The number of ether oxygens (including phenoxy) is 2. The molecule has 0 saturated heterocycles. The summed E-state index contributed by atoms with van der Waals surface area (Å²) in [7, 11) is 0. The van der Waals surface area contributed by atoms with E-state index in [1.165, 1.54) is 0 Å². The van der Waals surface area contributed by atoms with E-state index in [9.17, 15) is 4.79 Å². The minimum absolute atomic E-state index is 0.534. The Balaban J connectivity index is 2.11. The Hall–Kier alpha value is -2.00. The lowest BCUT2D eigenvalue weighted by molar-refractivity contribution is 0.112. The van der Waals surface area contributed by atoms with Gasteiger partial charge >= 0.3 is 0 Å². The van der Waals surface area contributed by atoms with Crippen LogP contribution in [0.25, 0.3) is 11.1 Å². The molecule has 3 nitrogen and oxygen atoms in total. The van der Waals surface area contributed by atoms with Crippen molar-refractivity contribution in [1.82, 2.24) is 0 Å². The van der Waals surface area contributed by atoms with Crippen LogP contribution in [0.5, 0.6) is 11.5 Å². The van der Waals surface area contributed by atoms with Gasteiger partial charge in [-0.3, -0.25) is 4.79 Å². The van der Waals surface area contributed by atoms with Crippen molar-refractivity contribution in [2.45, 2.75) is 0 Å². The molecule has 0 atom stereocenters. The van der Waals surface area contributed by atoms with Crippen LogP contribution in [0.4, 0.5) is 0 Å². The Labute approximate surface area is 115 Å². The molecule has 0 N–H and O–H groups in total. The van der Waals surface area contributed by atoms with Crippen molar-refractivity contribution in [2.24, 2.45) is 0 Å². The molecule has 4 heteroatoms. The van der Waals surface area contributed by atoms with E-state index in [2.05, 4.69) is 0 Å². The van der Waals surface area contributed by atoms with Crippen LogP contribution in [0.2, 0.25) is 5.02 Å². The van der Waals surface area contributed by atoms with Gasteiger partial charge in [-0.2, -0.15) is 0 Å². The van der Waals surface area contributed by atoms with E-state index < -0.39 is 0 Å². The van der Waals surface area contributed by atoms with E-state index in [1.807, 2.05) is 18.2 Å². The van der Waals surface area contributed by atoms with Gasteiger partial charge in [-0.25, -0.2) is 0 Å². The topological polar surface area (TPSA) is 35.5 Å². The quantitative estimate of drug-likeness (QED) is 0.785. The number of halogens is 1. The fraction of sp³-hybridized carbons (Fsp3) is 0.133. The smallest absolute Gasteiger partial charge is 0.161 e. The molecule has 0 aromatic heterocycles. The first-order chi connectivity index (χ1) is 9.28. The molecule has 2 aromatic rings. The third-order valence-electron chi connectivity index (χ3n) is 3.00. The maximum absolute atomic E-state index is 11.1. The van der Waals surface area contributed by atoms with Gasteiger partial charge in [0.1, 0.15) is 13.2 Å². The number of hydrogen-bond acceptors (Lipinski definition) is 3. The van der Waals surface area contributed by atoms with Crippen LogP contribution in [-0.4, -0.2) is 19.5 Å². The molecule has 0 unspecified atom stereocenters. The molecule has 0 bridgehead atoms. The molecule has 0 spiro atoms. The summed E-state index contributed by atoms with van der Waals surface area (Å²) >= 11 is 6.00. The van der Waals surface area contributed by atoms with Crippen LogP contribution < -0.4 is 9.47 Å². The Kier molecular flexibility index (Phi) is 3.13. The zero-order valence-electron chi connectivity index (χ0n) is 10.1. The molecule has 1 heterocycles. The molecular weight excluding hydrogens is 264 g/mol. The van der Waals surface area contributed by atoms with Crippen LogP contribution in [0.15, 0.2) is 36.4 Å². The van der Waals surface area contributed by atoms with Gasteiger partial charge < -0.3 is 9.47 Å². The summed E-state index contributed by atoms with van der Waals surface area (Å²) in [5, 5.41) is 0.593. The van der Waals surface area contributed by atoms with Gasteiger partial charge in [0.05, 0.1) is 0 Å². The predicted molar refractivity (Wildman–Crippen MR) is 73.3 cm³/mol. The third-order valence-corrected chi connectivity index (χ3v) is 3.23. The lowest BCUT2D eigenvalue weighted by Gasteiger charge is -2.19. The first-order valence-corrected chi connectivity index (χ1v) is 6.30. The molecule has 1 aliphatic rings. The minimum Gasteiger partial charge on any atom is -0.486 e. The average molecular weight is 275 g/mol.